The van der Waals surface area contributed by atoms with Crippen molar-refractivity contribution in [3.8, 4) is 5.75 Å². The number of hydrogen-bond acceptors (Lipinski definition) is 6. The van der Waals surface area contributed by atoms with Crippen LogP contribution in [0.15, 0.2) is 28.8 Å². The molecule has 3 rings (SSSR count). The molecule has 1 N–H and O–H groups in total. The van der Waals surface area contributed by atoms with Crippen LogP contribution in [0.3, 0.4) is 0 Å². The second kappa shape index (κ2) is 7.23. The van der Waals surface area contributed by atoms with Crippen LogP contribution in [0, 0.1) is 6.92 Å². The molecule has 0 bridgehead atoms. The van der Waals surface area contributed by atoms with Gasteiger partial charge in [0.05, 0.1) is 6.10 Å². The van der Waals surface area contributed by atoms with Crippen LogP contribution >= 0.6 is 0 Å². The Morgan fingerprint density at radius 2 is 2.22 bits per heavy atom. The van der Waals surface area contributed by atoms with Gasteiger partial charge in [0.15, 0.2) is 6.61 Å². The molecule has 1 atom stereocenters. The fourth-order valence-electron chi connectivity index (χ4n) is 2.36. The number of aromatic nitrogens is 2. The van der Waals surface area contributed by atoms with Gasteiger partial charge >= 0.3 is 0 Å². The molecule has 2 heterocycles. The van der Waals surface area contributed by atoms with Gasteiger partial charge in [-0.05, 0) is 37.1 Å². The summed E-state index contributed by atoms with van der Waals surface area (Å²) in [7, 11) is 0. The van der Waals surface area contributed by atoms with E-state index in [0.29, 0.717) is 29.6 Å². The van der Waals surface area contributed by atoms with Crippen LogP contribution in [0.25, 0.3) is 0 Å². The molecular formula is C16H19N3O4. The molecule has 7 nitrogen and oxygen atoms in total. The summed E-state index contributed by atoms with van der Waals surface area (Å²) in [6.45, 7) is 3.28. The van der Waals surface area contributed by atoms with Crippen LogP contribution in [-0.2, 0) is 11.3 Å². The summed E-state index contributed by atoms with van der Waals surface area (Å²) >= 11 is 0. The lowest BCUT2D eigenvalue weighted by Gasteiger charge is -2.11. The topological polar surface area (TPSA) is 86.5 Å². The molecule has 1 aromatic heterocycles. The first-order valence-corrected chi connectivity index (χ1v) is 7.62. The molecule has 7 heteroatoms. The maximum absolute atomic E-state index is 12.1. The fourth-order valence-corrected chi connectivity index (χ4v) is 2.36. The van der Waals surface area contributed by atoms with Crippen LogP contribution in [0.4, 0.5) is 0 Å². The average Bonchev–Trinajstić information content (AvgIpc) is 3.22. The van der Waals surface area contributed by atoms with Crippen LogP contribution < -0.4 is 10.1 Å². The summed E-state index contributed by atoms with van der Waals surface area (Å²) in [5, 5.41) is 6.64. The number of carbonyl (C=O) groups is 1. The highest BCUT2D eigenvalue weighted by atomic mass is 16.5. The van der Waals surface area contributed by atoms with E-state index in [4.69, 9.17) is 14.0 Å². The van der Waals surface area contributed by atoms with Crippen molar-refractivity contribution in [2.24, 2.45) is 0 Å². The van der Waals surface area contributed by atoms with Gasteiger partial charge in [-0.15, -0.1) is 0 Å². The van der Waals surface area contributed by atoms with Crippen LogP contribution in [0.2, 0.25) is 0 Å². The molecule has 1 saturated heterocycles. The Bertz CT molecular complexity index is 648. The minimum Gasteiger partial charge on any atom is -0.485 e. The van der Waals surface area contributed by atoms with E-state index >= 15 is 0 Å². The molecule has 0 radical (unpaired) electrons. The van der Waals surface area contributed by atoms with Crippen molar-refractivity contribution >= 4 is 5.91 Å². The Balaban J connectivity index is 1.48. The molecule has 2 aromatic rings. The summed E-state index contributed by atoms with van der Waals surface area (Å²) in [5.41, 5.74) is 0.589. The van der Waals surface area contributed by atoms with Crippen molar-refractivity contribution in [2.75, 3.05) is 13.2 Å². The number of nitrogens with one attached hydrogen (secondary N) is 1. The Labute approximate surface area is 134 Å². The van der Waals surface area contributed by atoms with Gasteiger partial charge in [0, 0.05) is 25.6 Å². The largest absolute Gasteiger partial charge is 0.485 e. The van der Waals surface area contributed by atoms with Gasteiger partial charge in [-0.3, -0.25) is 4.79 Å². The molecule has 0 spiro atoms. The number of amides is 1. The third-order valence-electron chi connectivity index (χ3n) is 3.57. The van der Waals surface area contributed by atoms with Gasteiger partial charge in [-0.1, -0.05) is 5.16 Å². The summed E-state index contributed by atoms with van der Waals surface area (Å²) < 4.78 is 15.9. The lowest BCUT2D eigenvalue weighted by atomic mass is 10.2. The molecule has 23 heavy (non-hydrogen) atoms. The highest BCUT2D eigenvalue weighted by Gasteiger charge is 2.16. The molecular weight excluding hydrogens is 298 g/mol. The Morgan fingerprint density at radius 1 is 1.39 bits per heavy atom. The first-order valence-electron chi connectivity index (χ1n) is 7.62. The number of benzene rings is 1. The zero-order valence-corrected chi connectivity index (χ0v) is 12.9. The van der Waals surface area contributed by atoms with E-state index in [-0.39, 0.29) is 18.6 Å². The summed E-state index contributed by atoms with van der Waals surface area (Å²) in [6, 6.07) is 6.94. The monoisotopic (exact) mass is 317 g/mol. The molecule has 1 unspecified atom stereocenters. The van der Waals surface area contributed by atoms with Gasteiger partial charge in [-0.25, -0.2) is 0 Å². The first-order chi connectivity index (χ1) is 11.2. The summed E-state index contributed by atoms with van der Waals surface area (Å²) in [6.07, 6.45) is 2.20. The van der Waals surface area contributed by atoms with E-state index in [0.717, 1.165) is 19.4 Å². The number of rotatable bonds is 6. The molecule has 122 valence electrons. The summed E-state index contributed by atoms with van der Waals surface area (Å²) in [4.78, 5) is 16.1. The van der Waals surface area contributed by atoms with Crippen molar-refractivity contribution in [3.63, 3.8) is 0 Å². The summed E-state index contributed by atoms with van der Waals surface area (Å²) in [5.74, 6) is 1.52. The Morgan fingerprint density at radius 3 is 2.87 bits per heavy atom. The molecule has 0 aliphatic carbocycles. The second-order valence-corrected chi connectivity index (χ2v) is 5.39. The van der Waals surface area contributed by atoms with Gasteiger partial charge in [0.25, 0.3) is 5.91 Å². The molecule has 1 aliphatic rings. The van der Waals surface area contributed by atoms with Crippen molar-refractivity contribution in [3.05, 3.63) is 41.5 Å². The minimum atomic E-state index is -0.110. The van der Waals surface area contributed by atoms with Gasteiger partial charge in [0.1, 0.15) is 5.75 Å². The molecule has 0 saturated carbocycles. The maximum atomic E-state index is 12.1. The number of nitrogens with zero attached hydrogens (tertiary/aromatic N) is 2. The second-order valence-electron chi connectivity index (χ2n) is 5.39. The lowest BCUT2D eigenvalue weighted by molar-refractivity contribution is 0.0857. The molecule has 1 aromatic carbocycles. The average molecular weight is 317 g/mol. The predicted molar refractivity (Wildman–Crippen MR) is 81.1 cm³/mol. The van der Waals surface area contributed by atoms with E-state index in [1.165, 1.54) is 0 Å². The van der Waals surface area contributed by atoms with Crippen molar-refractivity contribution in [1.29, 1.82) is 0 Å². The zero-order valence-electron chi connectivity index (χ0n) is 12.9. The third kappa shape index (κ3) is 4.29. The minimum absolute atomic E-state index is 0.110. The lowest BCUT2D eigenvalue weighted by Crippen LogP contribution is -2.31. The van der Waals surface area contributed by atoms with E-state index in [9.17, 15) is 4.79 Å². The quantitative estimate of drug-likeness (QED) is 0.875. The van der Waals surface area contributed by atoms with Crippen LogP contribution in [0.5, 0.6) is 5.75 Å². The highest BCUT2D eigenvalue weighted by molar-refractivity contribution is 5.94. The Hall–Kier alpha value is -2.41. The van der Waals surface area contributed by atoms with E-state index in [2.05, 4.69) is 15.5 Å². The Kier molecular flexibility index (Phi) is 4.87. The zero-order chi connectivity index (χ0) is 16.1. The smallest absolute Gasteiger partial charge is 0.251 e. The van der Waals surface area contributed by atoms with E-state index in [1.807, 2.05) is 0 Å². The number of hydrogen-bond donors (Lipinski definition) is 1. The van der Waals surface area contributed by atoms with Crippen LogP contribution in [-0.4, -0.2) is 35.3 Å². The molecule has 1 aliphatic heterocycles. The van der Waals surface area contributed by atoms with Gasteiger partial charge < -0.3 is 19.3 Å². The standard InChI is InChI=1S/C16H19N3O4/c1-11-18-15(19-23-11)10-22-13-6-4-12(5-7-13)16(20)17-9-14-3-2-8-21-14/h4-7,14H,2-3,8-10H2,1H3,(H,17,20). The van der Waals surface area contributed by atoms with Crippen LogP contribution in [0.1, 0.15) is 34.9 Å². The number of aryl methyl sites for hydroxylation is 1. The first kappa shape index (κ1) is 15.5. The normalized spacial score (nSPS) is 17.2. The number of ether oxygens (including phenoxy) is 2. The SMILES string of the molecule is Cc1nc(COc2ccc(C(=O)NCC3CCCO3)cc2)no1. The van der Waals surface area contributed by atoms with E-state index < -0.39 is 0 Å². The number of carbonyl (C=O) groups excluding carboxylic acids is 1. The van der Waals surface area contributed by atoms with Crippen molar-refractivity contribution in [1.82, 2.24) is 15.5 Å². The van der Waals surface area contributed by atoms with E-state index in [1.54, 1.807) is 31.2 Å². The van der Waals surface area contributed by atoms with Crippen molar-refractivity contribution < 1.29 is 18.8 Å². The predicted octanol–water partition coefficient (Wildman–Crippen LogP) is 1.87. The van der Waals surface area contributed by atoms with Gasteiger partial charge in [-0.2, -0.15) is 4.98 Å². The molecule has 1 amide bonds. The third-order valence-corrected chi connectivity index (χ3v) is 3.57. The molecule has 1 fully saturated rings. The highest BCUT2D eigenvalue weighted by Crippen LogP contribution is 2.14. The fraction of sp³-hybridized carbons (Fsp3) is 0.438. The van der Waals surface area contributed by atoms with Crippen molar-refractivity contribution in [2.45, 2.75) is 32.5 Å². The van der Waals surface area contributed by atoms with Gasteiger partial charge in [0.2, 0.25) is 11.7 Å². The maximum Gasteiger partial charge on any atom is 0.251 e.